The van der Waals surface area contributed by atoms with Gasteiger partial charge in [0.05, 0.1) is 6.04 Å². The Morgan fingerprint density at radius 2 is 1.41 bits per heavy atom. The van der Waals surface area contributed by atoms with E-state index in [0.717, 1.165) is 0 Å². The first kappa shape index (κ1) is 26.8. The number of amides is 3. The van der Waals surface area contributed by atoms with E-state index >= 15 is 0 Å². The highest BCUT2D eigenvalue weighted by atomic mass is 16.4. The average Bonchev–Trinajstić information content (AvgIpc) is 2.63. The number of hydrogen-bond donors (Lipinski definition) is 6. The second-order valence-corrected chi connectivity index (χ2v) is 7.91. The molecule has 0 aliphatic rings. The lowest BCUT2D eigenvalue weighted by atomic mass is 10.0. The number of carboxylic acids is 1. The maximum atomic E-state index is 12.8. The Balaban J connectivity index is 5.27. The predicted octanol–water partition coefficient (Wildman–Crippen LogP) is -0.686. The van der Waals surface area contributed by atoms with E-state index in [9.17, 15) is 19.2 Å². The van der Waals surface area contributed by atoms with Crippen LogP contribution in [0.15, 0.2) is 0 Å². The quantitative estimate of drug-likeness (QED) is 0.216. The van der Waals surface area contributed by atoms with Crippen LogP contribution in [0.4, 0.5) is 0 Å². The highest BCUT2D eigenvalue weighted by Crippen LogP contribution is 2.07. The van der Waals surface area contributed by atoms with Gasteiger partial charge >= 0.3 is 5.97 Å². The maximum Gasteiger partial charge on any atom is 0.325 e. The van der Waals surface area contributed by atoms with Crippen LogP contribution in [0.25, 0.3) is 0 Å². The summed E-state index contributed by atoms with van der Waals surface area (Å²) in [4.78, 5) is 48.5. The van der Waals surface area contributed by atoms with Gasteiger partial charge in [0.15, 0.2) is 0 Å². The molecule has 0 heterocycles. The lowest BCUT2D eigenvalue weighted by Crippen LogP contribution is -2.58. The number of unbranched alkanes of at least 4 members (excludes halogenated alkanes) is 1. The number of rotatable bonds is 13. The van der Waals surface area contributed by atoms with Gasteiger partial charge in [-0.05, 0) is 44.6 Å². The second-order valence-electron chi connectivity index (χ2n) is 7.91. The van der Waals surface area contributed by atoms with Gasteiger partial charge in [-0.15, -0.1) is 0 Å². The summed E-state index contributed by atoms with van der Waals surface area (Å²) in [7, 11) is 0. The van der Waals surface area contributed by atoms with Gasteiger partial charge in [-0.2, -0.15) is 0 Å². The third-order valence-electron chi connectivity index (χ3n) is 4.58. The Hall–Kier alpha value is -2.20. The number of aliphatic carboxylic acids is 1. The molecule has 0 saturated heterocycles. The summed E-state index contributed by atoms with van der Waals surface area (Å²) in [6.07, 6.45) is 1.64. The van der Waals surface area contributed by atoms with Gasteiger partial charge < -0.3 is 32.5 Å². The number of carbonyl (C=O) groups is 4. The Kier molecular flexibility index (Phi) is 12.1. The average molecular weight is 416 g/mol. The van der Waals surface area contributed by atoms with E-state index in [1.807, 2.05) is 0 Å². The van der Waals surface area contributed by atoms with E-state index in [2.05, 4.69) is 16.0 Å². The van der Waals surface area contributed by atoms with Gasteiger partial charge in [-0.3, -0.25) is 19.2 Å². The normalized spacial score (nSPS) is 15.3. The molecule has 0 rings (SSSR count). The standard InChI is InChI=1S/C19H37N5O5/c1-10(2)14(21)17(26)23-13(8-6-7-9-20)16(25)24-15(11(3)4)18(27)22-12(5)19(28)29/h10-15H,6-9,20-21H2,1-5H3,(H,22,27)(H,23,26)(H,24,25)(H,28,29). The summed E-state index contributed by atoms with van der Waals surface area (Å²) in [5.74, 6) is -3.15. The minimum atomic E-state index is -1.18. The van der Waals surface area contributed by atoms with Gasteiger partial charge in [0, 0.05) is 0 Å². The van der Waals surface area contributed by atoms with Crippen LogP contribution >= 0.6 is 0 Å². The first-order chi connectivity index (χ1) is 13.4. The zero-order valence-corrected chi connectivity index (χ0v) is 18.0. The van der Waals surface area contributed by atoms with E-state index in [-0.39, 0.29) is 11.8 Å². The zero-order chi connectivity index (χ0) is 22.7. The van der Waals surface area contributed by atoms with Crippen LogP contribution in [0.1, 0.15) is 53.9 Å². The topological polar surface area (TPSA) is 177 Å². The number of carbonyl (C=O) groups excluding carboxylic acids is 3. The minimum absolute atomic E-state index is 0.102. The van der Waals surface area contributed by atoms with Crippen LogP contribution in [0.3, 0.4) is 0 Å². The smallest absolute Gasteiger partial charge is 0.325 e. The van der Waals surface area contributed by atoms with Crippen molar-refractivity contribution in [2.75, 3.05) is 6.54 Å². The molecule has 8 N–H and O–H groups in total. The Labute approximate surface area is 172 Å². The molecule has 0 aliphatic carbocycles. The number of nitrogens with two attached hydrogens (primary N) is 2. The molecule has 0 spiro atoms. The fraction of sp³-hybridized carbons (Fsp3) is 0.789. The van der Waals surface area contributed by atoms with Crippen molar-refractivity contribution in [2.45, 2.75) is 78.0 Å². The Morgan fingerprint density at radius 3 is 1.86 bits per heavy atom. The monoisotopic (exact) mass is 415 g/mol. The van der Waals surface area contributed by atoms with E-state index in [0.29, 0.717) is 25.8 Å². The molecule has 0 fully saturated rings. The molecule has 0 aromatic carbocycles. The zero-order valence-electron chi connectivity index (χ0n) is 18.0. The summed E-state index contributed by atoms with van der Waals surface area (Å²) in [6.45, 7) is 8.85. The number of hydrogen-bond acceptors (Lipinski definition) is 6. The molecule has 0 radical (unpaired) electrons. The van der Waals surface area contributed by atoms with Gasteiger partial charge in [-0.25, -0.2) is 0 Å². The molecule has 10 heteroatoms. The number of carboxylic acid groups (broad SMARTS) is 1. The van der Waals surface area contributed by atoms with Crippen molar-refractivity contribution in [2.24, 2.45) is 23.3 Å². The highest BCUT2D eigenvalue weighted by Gasteiger charge is 2.31. The summed E-state index contributed by atoms with van der Waals surface area (Å²) >= 11 is 0. The lowest BCUT2D eigenvalue weighted by Gasteiger charge is -2.27. The molecule has 4 unspecified atom stereocenters. The van der Waals surface area contributed by atoms with E-state index in [1.54, 1.807) is 27.7 Å². The molecular weight excluding hydrogens is 378 g/mol. The Morgan fingerprint density at radius 1 is 0.828 bits per heavy atom. The van der Waals surface area contributed by atoms with Crippen LogP contribution in [-0.4, -0.2) is 59.5 Å². The molecule has 0 aromatic rings. The molecule has 0 aliphatic heterocycles. The lowest BCUT2D eigenvalue weighted by molar-refractivity contribution is -0.142. The van der Waals surface area contributed by atoms with Crippen molar-refractivity contribution in [3.05, 3.63) is 0 Å². The highest BCUT2D eigenvalue weighted by molar-refractivity contribution is 5.94. The maximum absolute atomic E-state index is 12.8. The molecule has 0 aromatic heterocycles. The third-order valence-corrected chi connectivity index (χ3v) is 4.58. The summed E-state index contributed by atoms with van der Waals surface area (Å²) in [5.41, 5.74) is 11.4. The van der Waals surface area contributed by atoms with Crippen molar-refractivity contribution in [1.82, 2.24) is 16.0 Å². The van der Waals surface area contributed by atoms with Crippen LogP contribution in [0.5, 0.6) is 0 Å². The van der Waals surface area contributed by atoms with Gasteiger partial charge in [-0.1, -0.05) is 27.7 Å². The van der Waals surface area contributed by atoms with E-state index < -0.39 is 47.9 Å². The molecule has 0 saturated carbocycles. The van der Waals surface area contributed by atoms with Crippen molar-refractivity contribution in [3.8, 4) is 0 Å². The molecule has 0 bridgehead atoms. The molecule has 4 atom stereocenters. The van der Waals surface area contributed by atoms with Crippen LogP contribution < -0.4 is 27.4 Å². The summed E-state index contributed by atoms with van der Waals surface area (Å²) in [5, 5.41) is 16.6. The van der Waals surface area contributed by atoms with Crippen LogP contribution in [-0.2, 0) is 19.2 Å². The molecular formula is C19H37N5O5. The first-order valence-corrected chi connectivity index (χ1v) is 10.0. The molecule has 10 nitrogen and oxygen atoms in total. The summed E-state index contributed by atoms with van der Waals surface area (Å²) < 4.78 is 0. The van der Waals surface area contributed by atoms with Gasteiger partial charge in [0.2, 0.25) is 17.7 Å². The van der Waals surface area contributed by atoms with Crippen molar-refractivity contribution in [1.29, 1.82) is 0 Å². The molecule has 29 heavy (non-hydrogen) atoms. The predicted molar refractivity (Wildman–Crippen MR) is 110 cm³/mol. The largest absolute Gasteiger partial charge is 0.480 e. The van der Waals surface area contributed by atoms with Crippen LogP contribution in [0, 0.1) is 11.8 Å². The third kappa shape index (κ3) is 9.71. The fourth-order valence-corrected chi connectivity index (χ4v) is 2.49. The minimum Gasteiger partial charge on any atom is -0.480 e. The second kappa shape index (κ2) is 13.1. The molecule has 3 amide bonds. The fourth-order valence-electron chi connectivity index (χ4n) is 2.49. The van der Waals surface area contributed by atoms with E-state index in [4.69, 9.17) is 16.6 Å². The van der Waals surface area contributed by atoms with Gasteiger partial charge in [0.1, 0.15) is 18.1 Å². The van der Waals surface area contributed by atoms with Crippen LogP contribution in [0.2, 0.25) is 0 Å². The van der Waals surface area contributed by atoms with E-state index in [1.165, 1.54) is 6.92 Å². The van der Waals surface area contributed by atoms with Crippen molar-refractivity contribution < 1.29 is 24.3 Å². The SMILES string of the molecule is CC(NC(=O)C(NC(=O)C(CCCCN)NC(=O)C(N)C(C)C)C(C)C)C(=O)O. The number of nitrogens with one attached hydrogen (secondary N) is 3. The summed E-state index contributed by atoms with van der Waals surface area (Å²) in [6, 6.07) is -3.67. The van der Waals surface area contributed by atoms with Gasteiger partial charge in [0.25, 0.3) is 0 Å². The Bertz CT molecular complexity index is 567. The van der Waals surface area contributed by atoms with Crippen molar-refractivity contribution in [3.63, 3.8) is 0 Å². The van der Waals surface area contributed by atoms with Crippen molar-refractivity contribution >= 4 is 23.7 Å². The first-order valence-electron chi connectivity index (χ1n) is 10.0. The molecule has 168 valence electrons.